The summed E-state index contributed by atoms with van der Waals surface area (Å²) >= 11 is 15.8. The predicted octanol–water partition coefficient (Wildman–Crippen LogP) is 6.70. The average molecular weight is 707 g/mol. The molecule has 0 radical (unpaired) electrons. The van der Waals surface area contributed by atoms with E-state index in [-0.39, 0.29) is 17.2 Å². The average Bonchev–Trinajstić information content (AvgIpc) is 2.99. The van der Waals surface area contributed by atoms with Gasteiger partial charge in [-0.1, -0.05) is 47.5 Å². The summed E-state index contributed by atoms with van der Waals surface area (Å²) in [6.07, 6.45) is 1.39. The van der Waals surface area contributed by atoms with Crippen molar-refractivity contribution in [3.05, 3.63) is 111 Å². The largest absolute Gasteiger partial charge is 0.497 e. The van der Waals surface area contributed by atoms with Gasteiger partial charge in [0.2, 0.25) is 0 Å². The van der Waals surface area contributed by atoms with Crippen LogP contribution in [0.25, 0.3) is 0 Å². The summed E-state index contributed by atoms with van der Waals surface area (Å²) in [6, 6.07) is 22.8. The number of rotatable bonds is 12. The molecular formula is C30H26BrCl2N3O6S. The van der Waals surface area contributed by atoms with Crippen LogP contribution in [0.15, 0.2) is 99.4 Å². The Morgan fingerprint density at radius 3 is 2.40 bits per heavy atom. The van der Waals surface area contributed by atoms with Gasteiger partial charge >= 0.3 is 0 Å². The fourth-order valence-electron chi connectivity index (χ4n) is 3.89. The van der Waals surface area contributed by atoms with Crippen molar-refractivity contribution >= 4 is 67.0 Å². The SMILES string of the molecule is COc1ccc(S(=O)(=O)N(CC(=O)N/N=C\c2cc(Br)c(OCc3ccccc3Cl)c(OC)c2)c2cccc(Cl)c2)cc1. The zero-order valence-corrected chi connectivity index (χ0v) is 26.9. The Bertz CT molecular complexity index is 1740. The Morgan fingerprint density at radius 1 is 0.977 bits per heavy atom. The van der Waals surface area contributed by atoms with Gasteiger partial charge in [-0.3, -0.25) is 9.10 Å². The van der Waals surface area contributed by atoms with Gasteiger partial charge < -0.3 is 14.2 Å². The molecule has 0 saturated carbocycles. The molecule has 0 bridgehead atoms. The van der Waals surface area contributed by atoms with Crippen LogP contribution in [0.2, 0.25) is 10.0 Å². The van der Waals surface area contributed by atoms with Gasteiger partial charge in [0.05, 0.1) is 35.5 Å². The molecule has 4 aromatic rings. The minimum atomic E-state index is -4.15. The Hall–Kier alpha value is -3.77. The molecule has 0 unspecified atom stereocenters. The zero-order chi connectivity index (χ0) is 31.0. The molecule has 1 N–H and O–H groups in total. The fraction of sp³-hybridized carbons (Fsp3) is 0.133. The standard InChI is InChI=1S/C30H26BrCl2N3O6S/c1-40-24-10-12-25(13-11-24)43(38,39)36(23-8-5-7-22(32)16-23)18-29(37)35-34-17-20-14-26(31)30(28(15-20)41-2)42-19-21-6-3-4-9-27(21)33/h3-17H,18-19H2,1-2H3,(H,35,37)/b34-17-. The molecule has 0 heterocycles. The second-order valence-electron chi connectivity index (χ2n) is 8.87. The van der Waals surface area contributed by atoms with E-state index in [0.717, 1.165) is 9.87 Å². The van der Waals surface area contributed by atoms with Crippen molar-refractivity contribution in [2.24, 2.45) is 5.10 Å². The van der Waals surface area contributed by atoms with Crippen molar-refractivity contribution in [1.29, 1.82) is 0 Å². The summed E-state index contributed by atoms with van der Waals surface area (Å²) < 4.78 is 45.2. The second kappa shape index (κ2) is 14.6. The van der Waals surface area contributed by atoms with Crippen LogP contribution in [0.5, 0.6) is 17.2 Å². The highest BCUT2D eigenvalue weighted by molar-refractivity contribution is 9.10. The molecule has 0 aliphatic carbocycles. The molecule has 4 rings (SSSR count). The van der Waals surface area contributed by atoms with Crippen LogP contribution < -0.4 is 23.9 Å². The van der Waals surface area contributed by atoms with Gasteiger partial charge in [-0.05, 0) is 82.2 Å². The molecule has 0 spiro atoms. The molecule has 224 valence electrons. The van der Waals surface area contributed by atoms with Crippen molar-refractivity contribution in [2.75, 3.05) is 25.1 Å². The van der Waals surface area contributed by atoms with Gasteiger partial charge in [0.1, 0.15) is 18.9 Å². The summed E-state index contributed by atoms with van der Waals surface area (Å²) in [4.78, 5) is 12.9. The smallest absolute Gasteiger partial charge is 0.264 e. The number of methoxy groups -OCH3 is 2. The molecule has 0 aliphatic heterocycles. The normalized spacial score (nSPS) is 11.3. The van der Waals surface area contributed by atoms with Crippen molar-refractivity contribution in [3.63, 3.8) is 0 Å². The number of carbonyl (C=O) groups excluding carboxylic acids is 1. The van der Waals surface area contributed by atoms with E-state index in [2.05, 4.69) is 26.5 Å². The number of benzene rings is 4. The number of ether oxygens (including phenoxy) is 3. The lowest BCUT2D eigenvalue weighted by atomic mass is 10.2. The van der Waals surface area contributed by atoms with Crippen LogP contribution in [-0.2, 0) is 21.4 Å². The number of hydrogen-bond donors (Lipinski definition) is 1. The van der Waals surface area contributed by atoms with E-state index in [1.807, 2.05) is 18.2 Å². The Balaban J connectivity index is 1.50. The summed E-state index contributed by atoms with van der Waals surface area (Å²) in [6.45, 7) is -0.339. The molecule has 43 heavy (non-hydrogen) atoms. The molecule has 0 saturated heterocycles. The number of hydrogen-bond acceptors (Lipinski definition) is 7. The lowest BCUT2D eigenvalue weighted by Gasteiger charge is -2.24. The van der Waals surface area contributed by atoms with Gasteiger partial charge in [0.25, 0.3) is 15.9 Å². The highest BCUT2D eigenvalue weighted by atomic mass is 79.9. The molecule has 0 aliphatic rings. The molecule has 0 fully saturated rings. The third kappa shape index (κ3) is 8.20. The van der Waals surface area contributed by atoms with E-state index in [9.17, 15) is 13.2 Å². The summed E-state index contributed by atoms with van der Waals surface area (Å²) in [5.74, 6) is 0.694. The van der Waals surface area contributed by atoms with E-state index in [1.54, 1.807) is 36.4 Å². The predicted molar refractivity (Wildman–Crippen MR) is 171 cm³/mol. The first-order valence-corrected chi connectivity index (χ1v) is 15.6. The van der Waals surface area contributed by atoms with Crippen LogP contribution in [-0.4, -0.2) is 41.3 Å². The zero-order valence-electron chi connectivity index (χ0n) is 23.0. The second-order valence-corrected chi connectivity index (χ2v) is 12.4. The number of sulfonamides is 1. The van der Waals surface area contributed by atoms with Gasteiger partial charge in [-0.25, -0.2) is 13.8 Å². The minimum absolute atomic E-state index is 0.0293. The van der Waals surface area contributed by atoms with Crippen molar-refractivity contribution in [1.82, 2.24) is 5.43 Å². The Labute approximate surface area is 268 Å². The quantitative estimate of drug-likeness (QED) is 0.130. The van der Waals surface area contributed by atoms with E-state index in [4.69, 9.17) is 37.4 Å². The van der Waals surface area contributed by atoms with Crippen LogP contribution in [0, 0.1) is 0 Å². The van der Waals surface area contributed by atoms with E-state index >= 15 is 0 Å². The summed E-state index contributed by atoms with van der Waals surface area (Å²) in [5, 5.41) is 4.91. The number of nitrogens with one attached hydrogen (secondary N) is 1. The molecule has 0 atom stereocenters. The Kier molecular flexibility index (Phi) is 10.9. The van der Waals surface area contributed by atoms with Gasteiger partial charge in [-0.2, -0.15) is 5.10 Å². The summed E-state index contributed by atoms with van der Waals surface area (Å²) in [5.41, 5.74) is 3.98. The third-order valence-corrected chi connectivity index (χ3v) is 9.00. The van der Waals surface area contributed by atoms with Gasteiger partial charge in [0, 0.05) is 15.6 Å². The molecule has 1 amide bonds. The van der Waals surface area contributed by atoms with Crippen molar-refractivity contribution < 1.29 is 27.4 Å². The van der Waals surface area contributed by atoms with Gasteiger partial charge in [-0.15, -0.1) is 0 Å². The number of halogens is 3. The maximum Gasteiger partial charge on any atom is 0.264 e. The van der Waals surface area contributed by atoms with Crippen LogP contribution >= 0.6 is 39.1 Å². The molecule has 13 heteroatoms. The maximum absolute atomic E-state index is 13.6. The molecular weight excluding hydrogens is 681 g/mol. The lowest BCUT2D eigenvalue weighted by Crippen LogP contribution is -2.39. The van der Waals surface area contributed by atoms with E-state index < -0.39 is 22.5 Å². The first-order valence-electron chi connectivity index (χ1n) is 12.6. The van der Waals surface area contributed by atoms with Crippen molar-refractivity contribution in [3.8, 4) is 17.2 Å². The van der Waals surface area contributed by atoms with Gasteiger partial charge in [0.15, 0.2) is 11.5 Å². The highest BCUT2D eigenvalue weighted by Crippen LogP contribution is 2.37. The molecule has 9 nitrogen and oxygen atoms in total. The summed E-state index contributed by atoms with van der Waals surface area (Å²) in [7, 11) is -1.18. The fourth-order valence-corrected chi connectivity index (χ4v) is 6.25. The minimum Gasteiger partial charge on any atom is -0.497 e. The number of anilines is 1. The van der Waals surface area contributed by atoms with Crippen LogP contribution in [0.4, 0.5) is 5.69 Å². The van der Waals surface area contributed by atoms with Crippen LogP contribution in [0.1, 0.15) is 11.1 Å². The number of carbonyl (C=O) groups is 1. The first kappa shape index (κ1) is 32.2. The van der Waals surface area contributed by atoms with E-state index in [1.165, 1.54) is 50.8 Å². The van der Waals surface area contributed by atoms with E-state index in [0.29, 0.717) is 37.3 Å². The maximum atomic E-state index is 13.6. The monoisotopic (exact) mass is 705 g/mol. The number of nitrogens with zero attached hydrogens (tertiary/aromatic N) is 2. The van der Waals surface area contributed by atoms with Crippen molar-refractivity contribution in [2.45, 2.75) is 11.5 Å². The number of amides is 1. The highest BCUT2D eigenvalue weighted by Gasteiger charge is 2.27. The Morgan fingerprint density at radius 2 is 1.72 bits per heavy atom. The van der Waals surface area contributed by atoms with Crippen LogP contribution in [0.3, 0.4) is 0 Å². The number of hydrazone groups is 1. The third-order valence-electron chi connectivity index (χ3n) is 6.02. The molecule has 0 aromatic heterocycles. The lowest BCUT2D eigenvalue weighted by molar-refractivity contribution is -0.119. The topological polar surface area (TPSA) is 107 Å². The molecule has 4 aromatic carbocycles. The first-order chi connectivity index (χ1) is 20.6.